The number of hydrogen-bond donors (Lipinski definition) is 1. The van der Waals surface area contributed by atoms with Gasteiger partial charge in [-0.2, -0.15) is 0 Å². The molecule has 5 nitrogen and oxygen atoms in total. The molecular weight excluding hydrogens is 218 g/mol. The summed E-state index contributed by atoms with van der Waals surface area (Å²) in [5.41, 5.74) is 0.236. The van der Waals surface area contributed by atoms with E-state index in [9.17, 15) is 4.79 Å². The molecule has 0 atom stereocenters. The lowest BCUT2D eigenvalue weighted by atomic mass is 10.2. The fourth-order valence-corrected chi connectivity index (χ4v) is 1.67. The normalized spacial score (nSPS) is 14.4. The number of ether oxygens (including phenoxy) is 1. The molecule has 1 saturated carbocycles. The van der Waals surface area contributed by atoms with E-state index in [1.165, 1.54) is 32.6 Å². The quantitative estimate of drug-likeness (QED) is 0.602. The van der Waals surface area contributed by atoms with Crippen molar-refractivity contribution >= 4 is 11.8 Å². The van der Waals surface area contributed by atoms with Gasteiger partial charge >= 0.3 is 5.97 Å². The van der Waals surface area contributed by atoms with E-state index in [0.29, 0.717) is 5.82 Å². The van der Waals surface area contributed by atoms with Crippen LogP contribution >= 0.6 is 0 Å². The fourth-order valence-electron chi connectivity index (χ4n) is 1.67. The number of nitrogens with zero attached hydrogens (tertiary/aromatic N) is 2. The molecule has 5 heteroatoms. The summed E-state index contributed by atoms with van der Waals surface area (Å²) in [6, 6.07) is 0. The topological polar surface area (TPSA) is 64.1 Å². The van der Waals surface area contributed by atoms with Gasteiger partial charge in [0, 0.05) is 6.54 Å². The molecule has 92 valence electrons. The minimum atomic E-state index is -0.459. The summed E-state index contributed by atoms with van der Waals surface area (Å²) in [5.74, 6) is 1.12. The molecule has 1 aliphatic carbocycles. The van der Waals surface area contributed by atoms with Gasteiger partial charge in [-0.3, -0.25) is 4.98 Å². The van der Waals surface area contributed by atoms with Gasteiger partial charge in [-0.05, 0) is 18.8 Å². The van der Waals surface area contributed by atoms with Crippen LogP contribution in [0.5, 0.6) is 0 Å². The van der Waals surface area contributed by atoms with Gasteiger partial charge in [0.05, 0.1) is 19.5 Å². The van der Waals surface area contributed by atoms with E-state index in [-0.39, 0.29) is 5.69 Å². The Morgan fingerprint density at radius 3 is 3.06 bits per heavy atom. The Balaban J connectivity index is 1.80. The lowest BCUT2D eigenvalue weighted by Gasteiger charge is -2.05. The highest BCUT2D eigenvalue weighted by Crippen LogP contribution is 2.33. The standard InChI is InChI=1S/C12H17N3O2/c1-17-12(16)10-7-13-8-11(15-10)14-6-2-3-9-4-5-9/h7-9H,2-6H2,1H3,(H,14,15). The third-order valence-corrected chi connectivity index (χ3v) is 2.82. The smallest absolute Gasteiger partial charge is 0.358 e. The summed E-state index contributed by atoms with van der Waals surface area (Å²) in [6.45, 7) is 0.871. The van der Waals surface area contributed by atoms with Crippen LogP contribution in [-0.4, -0.2) is 29.6 Å². The SMILES string of the molecule is COC(=O)c1cncc(NCCCC2CC2)n1. The van der Waals surface area contributed by atoms with Crippen molar-refractivity contribution in [1.82, 2.24) is 9.97 Å². The molecule has 2 rings (SSSR count). The molecule has 1 aromatic rings. The first kappa shape index (κ1) is 11.8. The Hall–Kier alpha value is -1.65. The van der Waals surface area contributed by atoms with Crippen LogP contribution in [0, 0.1) is 5.92 Å². The molecule has 0 amide bonds. The average molecular weight is 235 g/mol. The lowest BCUT2D eigenvalue weighted by Crippen LogP contribution is -2.09. The molecule has 0 radical (unpaired) electrons. The third kappa shape index (κ3) is 3.69. The second-order valence-corrected chi connectivity index (χ2v) is 4.29. The molecular formula is C12H17N3O2. The molecule has 0 saturated heterocycles. The molecule has 0 bridgehead atoms. The Bertz CT molecular complexity index is 391. The Morgan fingerprint density at radius 2 is 2.35 bits per heavy atom. The van der Waals surface area contributed by atoms with E-state index in [4.69, 9.17) is 0 Å². The van der Waals surface area contributed by atoms with Crippen molar-refractivity contribution in [3.63, 3.8) is 0 Å². The minimum absolute atomic E-state index is 0.236. The van der Waals surface area contributed by atoms with Gasteiger partial charge in [-0.1, -0.05) is 12.8 Å². The Morgan fingerprint density at radius 1 is 1.53 bits per heavy atom. The van der Waals surface area contributed by atoms with Gasteiger partial charge in [0.25, 0.3) is 0 Å². The second kappa shape index (κ2) is 5.61. The van der Waals surface area contributed by atoms with Gasteiger partial charge in [0.15, 0.2) is 5.69 Å². The first-order chi connectivity index (χ1) is 8.29. The molecule has 1 aromatic heterocycles. The molecule has 17 heavy (non-hydrogen) atoms. The highest BCUT2D eigenvalue weighted by Gasteiger charge is 2.19. The number of carbonyl (C=O) groups is 1. The maximum atomic E-state index is 11.2. The number of rotatable bonds is 6. The van der Waals surface area contributed by atoms with Crippen molar-refractivity contribution in [2.45, 2.75) is 25.7 Å². The number of aromatic nitrogens is 2. The van der Waals surface area contributed by atoms with Gasteiger partial charge in [0.1, 0.15) is 5.82 Å². The van der Waals surface area contributed by atoms with Crippen molar-refractivity contribution in [1.29, 1.82) is 0 Å². The second-order valence-electron chi connectivity index (χ2n) is 4.29. The summed E-state index contributed by atoms with van der Waals surface area (Å²) in [6.07, 6.45) is 8.20. The van der Waals surface area contributed by atoms with Gasteiger partial charge in [0.2, 0.25) is 0 Å². The van der Waals surface area contributed by atoms with E-state index in [1.54, 1.807) is 6.20 Å². The van der Waals surface area contributed by atoms with Crippen LogP contribution in [-0.2, 0) is 4.74 Å². The number of anilines is 1. The first-order valence-corrected chi connectivity index (χ1v) is 5.94. The van der Waals surface area contributed by atoms with Crippen molar-refractivity contribution in [3.8, 4) is 0 Å². The molecule has 0 spiro atoms. The molecule has 1 aliphatic rings. The third-order valence-electron chi connectivity index (χ3n) is 2.82. The predicted octanol–water partition coefficient (Wildman–Crippen LogP) is 1.87. The van der Waals surface area contributed by atoms with Crippen molar-refractivity contribution in [2.24, 2.45) is 5.92 Å². The number of carbonyl (C=O) groups excluding carboxylic acids is 1. The molecule has 1 N–H and O–H groups in total. The summed E-state index contributed by atoms with van der Waals surface area (Å²) < 4.78 is 4.59. The summed E-state index contributed by atoms with van der Waals surface area (Å²) in [5, 5.41) is 3.17. The van der Waals surface area contributed by atoms with E-state index >= 15 is 0 Å². The van der Waals surface area contributed by atoms with Crippen LogP contribution in [0.4, 0.5) is 5.82 Å². The highest BCUT2D eigenvalue weighted by molar-refractivity contribution is 5.87. The number of hydrogen-bond acceptors (Lipinski definition) is 5. The zero-order chi connectivity index (χ0) is 12.1. The maximum Gasteiger partial charge on any atom is 0.358 e. The summed E-state index contributed by atoms with van der Waals surface area (Å²) >= 11 is 0. The summed E-state index contributed by atoms with van der Waals surface area (Å²) in [4.78, 5) is 19.3. The predicted molar refractivity (Wildman–Crippen MR) is 63.8 cm³/mol. The largest absolute Gasteiger partial charge is 0.464 e. The summed E-state index contributed by atoms with van der Waals surface area (Å²) in [7, 11) is 1.33. The number of methoxy groups -OCH3 is 1. The van der Waals surface area contributed by atoms with Crippen LogP contribution in [0.25, 0.3) is 0 Å². The molecule has 0 aliphatic heterocycles. The van der Waals surface area contributed by atoms with E-state index in [1.807, 2.05) is 0 Å². The Kier molecular flexibility index (Phi) is 3.90. The van der Waals surface area contributed by atoms with Crippen LogP contribution in [0.15, 0.2) is 12.4 Å². The molecule has 1 fully saturated rings. The van der Waals surface area contributed by atoms with Crippen LogP contribution in [0.2, 0.25) is 0 Å². The van der Waals surface area contributed by atoms with Gasteiger partial charge < -0.3 is 10.1 Å². The van der Waals surface area contributed by atoms with Crippen LogP contribution in [0.1, 0.15) is 36.2 Å². The number of nitrogens with one attached hydrogen (secondary N) is 1. The fraction of sp³-hybridized carbons (Fsp3) is 0.583. The van der Waals surface area contributed by atoms with E-state index in [0.717, 1.165) is 18.9 Å². The minimum Gasteiger partial charge on any atom is -0.464 e. The van der Waals surface area contributed by atoms with Gasteiger partial charge in [-0.15, -0.1) is 0 Å². The van der Waals surface area contributed by atoms with E-state index < -0.39 is 5.97 Å². The van der Waals surface area contributed by atoms with E-state index in [2.05, 4.69) is 20.0 Å². The van der Waals surface area contributed by atoms with Crippen LogP contribution < -0.4 is 5.32 Å². The first-order valence-electron chi connectivity index (χ1n) is 5.94. The van der Waals surface area contributed by atoms with Crippen molar-refractivity contribution < 1.29 is 9.53 Å². The van der Waals surface area contributed by atoms with Crippen molar-refractivity contribution in [3.05, 3.63) is 18.1 Å². The lowest BCUT2D eigenvalue weighted by molar-refractivity contribution is 0.0593. The highest BCUT2D eigenvalue weighted by atomic mass is 16.5. The maximum absolute atomic E-state index is 11.2. The molecule has 0 aromatic carbocycles. The molecule has 0 unspecified atom stereocenters. The van der Waals surface area contributed by atoms with Crippen LogP contribution in [0.3, 0.4) is 0 Å². The van der Waals surface area contributed by atoms with Crippen molar-refractivity contribution in [2.75, 3.05) is 19.0 Å². The molecule has 1 heterocycles. The zero-order valence-corrected chi connectivity index (χ0v) is 9.98. The zero-order valence-electron chi connectivity index (χ0n) is 9.98. The number of esters is 1. The monoisotopic (exact) mass is 235 g/mol. The Labute approximate surface area is 101 Å². The average Bonchev–Trinajstić information content (AvgIpc) is 3.18. The van der Waals surface area contributed by atoms with Gasteiger partial charge in [-0.25, -0.2) is 9.78 Å².